The molecule has 0 aliphatic heterocycles. The van der Waals surface area contributed by atoms with Gasteiger partial charge in [0.2, 0.25) is 10.0 Å². The van der Waals surface area contributed by atoms with E-state index in [0.29, 0.717) is 6.07 Å². The Balaban J connectivity index is 3.00. The smallest absolute Gasteiger partial charge is 0.387 e. The molecule has 17 heavy (non-hydrogen) atoms. The molecule has 0 radical (unpaired) electrons. The fraction of sp³-hybridized carbons (Fsp3) is 0.333. The molecular formula is C9H10F3NO3S. The molecule has 96 valence electrons. The van der Waals surface area contributed by atoms with Crippen molar-refractivity contribution in [3.05, 3.63) is 35.4 Å². The van der Waals surface area contributed by atoms with Gasteiger partial charge in [0.1, 0.15) is 0 Å². The first-order valence-electron chi connectivity index (χ1n) is 4.45. The summed E-state index contributed by atoms with van der Waals surface area (Å²) in [5.41, 5.74) is -1.10. The summed E-state index contributed by atoms with van der Waals surface area (Å²) in [6.07, 6.45) is -6.12. The van der Waals surface area contributed by atoms with Crippen molar-refractivity contribution in [2.24, 2.45) is 5.14 Å². The lowest BCUT2D eigenvalue weighted by atomic mass is 10.1. The van der Waals surface area contributed by atoms with Gasteiger partial charge < -0.3 is 5.11 Å². The van der Waals surface area contributed by atoms with E-state index in [1.165, 1.54) is 6.07 Å². The molecule has 0 saturated heterocycles. The monoisotopic (exact) mass is 269 g/mol. The largest absolute Gasteiger partial charge is 0.416 e. The van der Waals surface area contributed by atoms with Crippen molar-refractivity contribution < 1.29 is 26.7 Å². The van der Waals surface area contributed by atoms with Crippen LogP contribution in [-0.4, -0.2) is 19.3 Å². The number of alkyl halides is 3. The maximum Gasteiger partial charge on any atom is 0.416 e. The molecule has 4 nitrogen and oxygen atoms in total. The SMILES string of the molecule is NS(=O)(=O)CC(O)c1cccc(C(F)(F)F)c1. The molecule has 0 spiro atoms. The first kappa shape index (κ1) is 13.9. The van der Waals surface area contributed by atoms with Gasteiger partial charge in [-0.15, -0.1) is 0 Å². The van der Waals surface area contributed by atoms with Gasteiger partial charge in [0.05, 0.1) is 17.4 Å². The molecule has 0 saturated carbocycles. The van der Waals surface area contributed by atoms with Gasteiger partial charge >= 0.3 is 6.18 Å². The lowest BCUT2D eigenvalue weighted by molar-refractivity contribution is -0.137. The van der Waals surface area contributed by atoms with Crippen LogP contribution in [0.15, 0.2) is 24.3 Å². The van der Waals surface area contributed by atoms with E-state index in [0.717, 1.165) is 12.1 Å². The summed E-state index contributed by atoms with van der Waals surface area (Å²) >= 11 is 0. The minimum absolute atomic E-state index is 0.145. The highest BCUT2D eigenvalue weighted by Gasteiger charge is 2.31. The lowest BCUT2D eigenvalue weighted by Gasteiger charge is -2.12. The van der Waals surface area contributed by atoms with Crippen molar-refractivity contribution in [3.8, 4) is 0 Å². The Hall–Kier alpha value is -1.12. The molecule has 0 bridgehead atoms. The molecule has 0 heterocycles. The standard InChI is InChI=1S/C9H10F3NO3S/c10-9(11,12)7-3-1-2-6(4-7)8(14)5-17(13,15)16/h1-4,8,14H,5H2,(H2,13,15,16). The first-order chi connectivity index (χ1) is 7.59. The number of halogens is 3. The zero-order valence-corrected chi connectivity index (χ0v) is 9.29. The minimum atomic E-state index is -4.54. The number of primary sulfonamides is 1. The molecule has 1 rings (SSSR count). The van der Waals surface area contributed by atoms with Gasteiger partial charge in [0.25, 0.3) is 0 Å². The number of benzene rings is 1. The summed E-state index contributed by atoms with van der Waals surface area (Å²) in [5.74, 6) is -0.825. The number of hydrogen-bond donors (Lipinski definition) is 2. The van der Waals surface area contributed by atoms with Crippen LogP contribution in [0.3, 0.4) is 0 Å². The molecule has 0 aromatic heterocycles. The van der Waals surface area contributed by atoms with E-state index in [2.05, 4.69) is 5.14 Å². The van der Waals surface area contributed by atoms with Crippen molar-refractivity contribution in [2.45, 2.75) is 12.3 Å². The van der Waals surface area contributed by atoms with Gasteiger partial charge in [0.15, 0.2) is 0 Å². The van der Waals surface area contributed by atoms with Gasteiger partial charge in [-0.3, -0.25) is 0 Å². The topological polar surface area (TPSA) is 80.4 Å². The average Bonchev–Trinajstić information content (AvgIpc) is 2.14. The molecule has 8 heteroatoms. The molecule has 1 unspecified atom stereocenters. The summed E-state index contributed by atoms with van der Waals surface area (Å²) in [7, 11) is -3.95. The molecule has 0 amide bonds. The van der Waals surface area contributed by atoms with Crippen LogP contribution in [0.1, 0.15) is 17.2 Å². The van der Waals surface area contributed by atoms with Crippen LogP contribution in [0.4, 0.5) is 13.2 Å². The number of hydrogen-bond acceptors (Lipinski definition) is 3. The molecule has 0 aliphatic carbocycles. The van der Waals surface area contributed by atoms with E-state index in [9.17, 15) is 26.7 Å². The van der Waals surface area contributed by atoms with E-state index >= 15 is 0 Å². The van der Waals surface area contributed by atoms with Gasteiger partial charge in [-0.2, -0.15) is 13.2 Å². The van der Waals surface area contributed by atoms with Crippen LogP contribution in [0.5, 0.6) is 0 Å². The maximum atomic E-state index is 12.3. The second-order valence-corrected chi connectivity index (χ2v) is 5.13. The summed E-state index contributed by atoms with van der Waals surface area (Å²) in [5, 5.41) is 14.1. The second kappa shape index (κ2) is 4.63. The maximum absolute atomic E-state index is 12.3. The Bertz CT molecular complexity index is 498. The molecule has 1 aromatic carbocycles. The Morgan fingerprint density at radius 1 is 1.35 bits per heavy atom. The van der Waals surface area contributed by atoms with Crippen LogP contribution >= 0.6 is 0 Å². The van der Waals surface area contributed by atoms with Crippen molar-refractivity contribution >= 4 is 10.0 Å². The van der Waals surface area contributed by atoms with E-state index in [1.807, 2.05) is 0 Å². The Labute approximate surface area is 95.9 Å². The van der Waals surface area contributed by atoms with Crippen molar-refractivity contribution in [1.29, 1.82) is 0 Å². The molecule has 1 atom stereocenters. The third kappa shape index (κ3) is 4.33. The predicted molar refractivity (Wildman–Crippen MR) is 54.4 cm³/mol. The number of nitrogens with two attached hydrogens (primary N) is 1. The Morgan fingerprint density at radius 3 is 2.41 bits per heavy atom. The predicted octanol–water partition coefficient (Wildman–Crippen LogP) is 1.03. The minimum Gasteiger partial charge on any atom is -0.387 e. The van der Waals surface area contributed by atoms with Gasteiger partial charge in [-0.05, 0) is 17.7 Å². The summed E-state index contributed by atoms with van der Waals surface area (Å²) in [6.45, 7) is 0. The highest BCUT2D eigenvalue weighted by atomic mass is 32.2. The molecule has 0 fully saturated rings. The molecule has 1 aromatic rings. The summed E-state index contributed by atoms with van der Waals surface area (Å²) in [4.78, 5) is 0. The molecular weight excluding hydrogens is 259 g/mol. The first-order valence-corrected chi connectivity index (χ1v) is 6.17. The van der Waals surface area contributed by atoms with E-state index in [4.69, 9.17) is 0 Å². The number of aliphatic hydroxyl groups is 1. The Kier molecular flexibility index (Phi) is 3.80. The van der Waals surface area contributed by atoms with E-state index < -0.39 is 33.6 Å². The number of aliphatic hydroxyl groups excluding tert-OH is 1. The average molecular weight is 269 g/mol. The molecule has 3 N–H and O–H groups in total. The zero-order chi connectivity index (χ0) is 13.3. The van der Waals surface area contributed by atoms with E-state index in [-0.39, 0.29) is 5.56 Å². The fourth-order valence-corrected chi connectivity index (χ4v) is 1.87. The molecule has 0 aliphatic rings. The van der Waals surface area contributed by atoms with Crippen LogP contribution in [0.25, 0.3) is 0 Å². The van der Waals surface area contributed by atoms with Crippen molar-refractivity contribution in [3.63, 3.8) is 0 Å². The number of sulfonamides is 1. The highest BCUT2D eigenvalue weighted by molar-refractivity contribution is 7.89. The van der Waals surface area contributed by atoms with Gasteiger partial charge in [-0.25, -0.2) is 13.6 Å². The normalized spacial score (nSPS) is 14.6. The zero-order valence-electron chi connectivity index (χ0n) is 8.48. The quantitative estimate of drug-likeness (QED) is 0.860. The van der Waals surface area contributed by atoms with Gasteiger partial charge in [0, 0.05) is 0 Å². The fourth-order valence-electron chi connectivity index (χ4n) is 1.24. The highest BCUT2D eigenvalue weighted by Crippen LogP contribution is 2.30. The van der Waals surface area contributed by atoms with Crippen LogP contribution in [0.2, 0.25) is 0 Å². The lowest BCUT2D eigenvalue weighted by Crippen LogP contribution is -2.22. The third-order valence-electron chi connectivity index (χ3n) is 1.99. The summed E-state index contributed by atoms with van der Waals surface area (Å²) in [6, 6.07) is 3.80. The van der Waals surface area contributed by atoms with Crippen LogP contribution < -0.4 is 5.14 Å². The van der Waals surface area contributed by atoms with Crippen molar-refractivity contribution in [2.75, 3.05) is 5.75 Å². The Morgan fingerprint density at radius 2 is 1.94 bits per heavy atom. The van der Waals surface area contributed by atoms with Crippen LogP contribution in [-0.2, 0) is 16.2 Å². The number of rotatable bonds is 3. The second-order valence-electron chi connectivity index (χ2n) is 3.47. The van der Waals surface area contributed by atoms with Gasteiger partial charge in [-0.1, -0.05) is 12.1 Å². The van der Waals surface area contributed by atoms with Crippen LogP contribution in [0, 0.1) is 0 Å². The van der Waals surface area contributed by atoms with Crippen molar-refractivity contribution in [1.82, 2.24) is 0 Å². The third-order valence-corrected chi connectivity index (χ3v) is 2.77. The van der Waals surface area contributed by atoms with E-state index in [1.54, 1.807) is 0 Å². The summed E-state index contributed by atoms with van der Waals surface area (Å²) < 4.78 is 58.4.